The number of rotatable bonds is 53. The van der Waals surface area contributed by atoms with E-state index in [1.54, 1.807) is 0 Å². The van der Waals surface area contributed by atoms with E-state index in [0.29, 0.717) is 19.3 Å². The predicted octanol–water partition coefficient (Wildman–Crippen LogP) is 18.5. The van der Waals surface area contributed by atoms with Crippen LogP contribution < -0.4 is 5.32 Å². The Morgan fingerprint density at radius 3 is 1.23 bits per heavy atom. The van der Waals surface area contributed by atoms with Crippen molar-refractivity contribution >= 4 is 11.9 Å². The molecular weight excluding hydrogens is 851 g/mol. The molecule has 0 fully saturated rings. The van der Waals surface area contributed by atoms with Crippen molar-refractivity contribution in [2.75, 3.05) is 6.61 Å². The number of amides is 1. The molecule has 0 bridgehead atoms. The zero-order chi connectivity index (χ0) is 50.2. The first-order chi connectivity index (χ1) is 34.0. The van der Waals surface area contributed by atoms with Crippen LogP contribution in [0.15, 0.2) is 72.9 Å². The molecule has 0 rings (SSSR count). The van der Waals surface area contributed by atoms with Crippen LogP contribution in [0.3, 0.4) is 0 Å². The second kappa shape index (κ2) is 56.2. The van der Waals surface area contributed by atoms with Crippen LogP contribution >= 0.6 is 0 Å². The number of carbonyl (C=O) groups excluding carboxylic acids is 2. The normalized spacial score (nSPS) is 13.6. The third-order valence-corrected chi connectivity index (χ3v) is 13.3. The highest BCUT2D eigenvalue weighted by atomic mass is 16.5. The molecular formula is C63H113NO5. The van der Waals surface area contributed by atoms with Crippen LogP contribution in [0, 0.1) is 0 Å². The van der Waals surface area contributed by atoms with Crippen molar-refractivity contribution in [3.05, 3.63) is 72.9 Å². The third-order valence-electron chi connectivity index (χ3n) is 13.3. The fourth-order valence-corrected chi connectivity index (χ4v) is 8.81. The van der Waals surface area contributed by atoms with Gasteiger partial charge in [-0.3, -0.25) is 9.59 Å². The van der Waals surface area contributed by atoms with Gasteiger partial charge in [-0.05, 0) is 89.9 Å². The zero-order valence-corrected chi connectivity index (χ0v) is 45.7. The van der Waals surface area contributed by atoms with E-state index >= 15 is 0 Å². The van der Waals surface area contributed by atoms with E-state index in [4.69, 9.17) is 4.74 Å². The summed E-state index contributed by atoms with van der Waals surface area (Å²) in [5.74, 6) is -0.529. The van der Waals surface area contributed by atoms with Gasteiger partial charge in [0.25, 0.3) is 0 Å². The van der Waals surface area contributed by atoms with Gasteiger partial charge in [0.15, 0.2) is 0 Å². The van der Waals surface area contributed by atoms with Crippen molar-refractivity contribution in [3.8, 4) is 0 Å². The first kappa shape index (κ1) is 66.3. The van der Waals surface area contributed by atoms with E-state index in [-0.39, 0.29) is 24.9 Å². The van der Waals surface area contributed by atoms with Crippen LogP contribution in [0.2, 0.25) is 0 Å². The molecule has 0 aromatic rings. The average molecular weight is 965 g/mol. The van der Waals surface area contributed by atoms with Gasteiger partial charge in [-0.2, -0.15) is 0 Å². The number of ether oxygens (including phenoxy) is 1. The van der Waals surface area contributed by atoms with Gasteiger partial charge in [0, 0.05) is 6.42 Å². The van der Waals surface area contributed by atoms with Crippen LogP contribution in [0.25, 0.3) is 0 Å². The Morgan fingerprint density at radius 2 is 0.797 bits per heavy atom. The molecule has 0 aliphatic carbocycles. The summed E-state index contributed by atoms with van der Waals surface area (Å²) in [5, 5.41) is 23.9. The van der Waals surface area contributed by atoms with Gasteiger partial charge in [0.05, 0.1) is 25.2 Å². The van der Waals surface area contributed by atoms with E-state index in [1.807, 2.05) is 0 Å². The summed E-state index contributed by atoms with van der Waals surface area (Å²) in [5.41, 5.74) is 0. The largest absolute Gasteiger partial charge is 0.462 e. The Kier molecular flexibility index (Phi) is 54.0. The number of esters is 1. The fraction of sp³-hybridized carbons (Fsp3) is 0.778. The second-order valence-electron chi connectivity index (χ2n) is 20.0. The van der Waals surface area contributed by atoms with E-state index in [9.17, 15) is 19.8 Å². The van der Waals surface area contributed by atoms with Crippen molar-refractivity contribution in [3.63, 3.8) is 0 Å². The number of nitrogens with one attached hydrogen (secondary N) is 1. The number of carbonyl (C=O) groups is 2. The van der Waals surface area contributed by atoms with Crippen LogP contribution in [0.5, 0.6) is 0 Å². The molecule has 69 heavy (non-hydrogen) atoms. The Balaban J connectivity index is 4.65. The van der Waals surface area contributed by atoms with Gasteiger partial charge < -0.3 is 20.3 Å². The third kappa shape index (κ3) is 51.5. The van der Waals surface area contributed by atoms with E-state index in [2.05, 4.69) is 99.0 Å². The Morgan fingerprint density at radius 1 is 0.435 bits per heavy atom. The molecule has 1 amide bonds. The van der Waals surface area contributed by atoms with E-state index < -0.39 is 18.2 Å². The molecule has 3 unspecified atom stereocenters. The number of aliphatic hydroxyl groups is 2. The van der Waals surface area contributed by atoms with E-state index in [1.165, 1.54) is 161 Å². The van der Waals surface area contributed by atoms with Gasteiger partial charge in [-0.15, -0.1) is 0 Å². The van der Waals surface area contributed by atoms with Crippen LogP contribution in [-0.2, 0) is 14.3 Å². The molecule has 0 aliphatic heterocycles. The molecule has 0 aromatic carbocycles. The van der Waals surface area contributed by atoms with Gasteiger partial charge >= 0.3 is 5.97 Å². The lowest BCUT2D eigenvalue weighted by Crippen LogP contribution is -2.46. The molecule has 400 valence electrons. The maximum absolute atomic E-state index is 13.3. The van der Waals surface area contributed by atoms with Gasteiger partial charge in [-0.1, -0.05) is 261 Å². The lowest BCUT2D eigenvalue weighted by molar-refractivity contribution is -0.151. The smallest absolute Gasteiger partial charge is 0.306 e. The van der Waals surface area contributed by atoms with Crippen molar-refractivity contribution in [1.29, 1.82) is 0 Å². The standard InChI is InChI=1S/C63H113NO5/c1-4-7-10-13-16-19-22-25-28-31-33-36-39-42-45-48-51-54-59(69-63(68)56-53-50-47-44-41-38-35-32-29-26-23-20-17-14-11-8-5-2)57-62(67)64-60(58-65)61(66)55-52-49-46-43-40-37-34-30-27-24-21-18-15-12-9-6-3/h7,10,16,19,25-26,28-29,33,36,42,45,59-61,65-66H,4-6,8-9,11-15,17-18,20-24,27,30-32,34-35,37-41,43-44,46-58H2,1-3H3,(H,64,67)/b10-7-,19-16-,28-25-,29-26+,36-33-,45-42-. The Hall–Kier alpha value is -2.70. The van der Waals surface area contributed by atoms with Crippen molar-refractivity contribution in [2.45, 2.75) is 309 Å². The summed E-state index contributed by atoms with van der Waals surface area (Å²) in [6.45, 7) is 6.38. The Bertz CT molecular complexity index is 1270. The highest BCUT2D eigenvalue weighted by Crippen LogP contribution is 2.18. The fourth-order valence-electron chi connectivity index (χ4n) is 8.81. The highest BCUT2D eigenvalue weighted by Gasteiger charge is 2.24. The SMILES string of the molecule is CC/C=C\C/C=C\C/C=C\C/C=C\C/C=C\CCCC(CC(=O)NC(CO)C(O)CCCCCCCCCCCCCCCCCC)OC(=O)CCCCCCCCC/C=C/CCCCCCCC. The van der Waals surface area contributed by atoms with Crippen LogP contribution in [0.1, 0.15) is 290 Å². The molecule has 0 radical (unpaired) electrons. The molecule has 0 saturated carbocycles. The summed E-state index contributed by atoms with van der Waals surface area (Å²) >= 11 is 0. The quantitative estimate of drug-likeness (QED) is 0.0321. The minimum absolute atomic E-state index is 0.0356. The molecule has 6 nitrogen and oxygen atoms in total. The highest BCUT2D eigenvalue weighted by molar-refractivity contribution is 5.77. The van der Waals surface area contributed by atoms with Crippen LogP contribution in [0.4, 0.5) is 0 Å². The summed E-state index contributed by atoms with van der Waals surface area (Å²) in [4.78, 5) is 26.3. The molecule has 0 aromatic heterocycles. The maximum atomic E-state index is 13.3. The number of hydrogen-bond donors (Lipinski definition) is 3. The topological polar surface area (TPSA) is 95.9 Å². The molecule has 0 saturated heterocycles. The summed E-state index contributed by atoms with van der Waals surface area (Å²) in [6.07, 6.45) is 72.6. The molecule has 3 N–H and O–H groups in total. The molecule has 6 heteroatoms. The lowest BCUT2D eigenvalue weighted by Gasteiger charge is -2.24. The number of allylic oxidation sites excluding steroid dienone is 12. The number of unbranched alkanes of at least 4 members (excludes halogenated alkanes) is 29. The van der Waals surface area contributed by atoms with Crippen molar-refractivity contribution in [1.82, 2.24) is 5.32 Å². The minimum Gasteiger partial charge on any atom is -0.462 e. The molecule has 3 atom stereocenters. The number of hydrogen-bond acceptors (Lipinski definition) is 5. The van der Waals surface area contributed by atoms with Crippen molar-refractivity contribution in [2.24, 2.45) is 0 Å². The number of aliphatic hydroxyl groups excluding tert-OH is 2. The van der Waals surface area contributed by atoms with E-state index in [0.717, 1.165) is 83.5 Å². The second-order valence-corrected chi connectivity index (χ2v) is 20.0. The molecule has 0 spiro atoms. The van der Waals surface area contributed by atoms with Gasteiger partial charge in [-0.25, -0.2) is 0 Å². The minimum atomic E-state index is -0.807. The molecule has 0 aliphatic rings. The van der Waals surface area contributed by atoms with Crippen molar-refractivity contribution < 1.29 is 24.5 Å². The average Bonchev–Trinajstić information content (AvgIpc) is 3.34. The van der Waals surface area contributed by atoms with Gasteiger partial charge in [0.1, 0.15) is 6.10 Å². The first-order valence-electron chi connectivity index (χ1n) is 29.7. The summed E-state index contributed by atoms with van der Waals surface area (Å²) < 4.78 is 5.94. The van der Waals surface area contributed by atoms with Crippen LogP contribution in [-0.4, -0.2) is 46.9 Å². The van der Waals surface area contributed by atoms with Gasteiger partial charge in [0.2, 0.25) is 5.91 Å². The maximum Gasteiger partial charge on any atom is 0.306 e. The lowest BCUT2D eigenvalue weighted by atomic mass is 10.0. The zero-order valence-electron chi connectivity index (χ0n) is 45.7. The first-order valence-corrected chi connectivity index (χ1v) is 29.7. The monoisotopic (exact) mass is 964 g/mol. The summed E-state index contributed by atoms with van der Waals surface area (Å²) in [7, 11) is 0. The predicted molar refractivity (Wildman–Crippen MR) is 301 cm³/mol. The Labute approximate surface area is 428 Å². The summed E-state index contributed by atoms with van der Waals surface area (Å²) in [6, 6.07) is -0.724. The molecule has 0 heterocycles.